The largest absolute Gasteiger partial charge is 0.491 e. The second-order valence-corrected chi connectivity index (χ2v) is 7.01. The molecule has 0 unspecified atom stereocenters. The van der Waals surface area contributed by atoms with Gasteiger partial charge in [-0.05, 0) is 42.0 Å². The predicted octanol–water partition coefficient (Wildman–Crippen LogP) is 5.89. The third-order valence-corrected chi connectivity index (χ3v) is 5.21. The molecule has 25 heavy (non-hydrogen) atoms. The molecule has 3 nitrogen and oxygen atoms in total. The minimum Gasteiger partial charge on any atom is -0.491 e. The molecule has 3 aromatic rings. The molecule has 0 saturated carbocycles. The van der Waals surface area contributed by atoms with Gasteiger partial charge in [0.2, 0.25) is 0 Å². The number of anilines is 1. The first-order valence-corrected chi connectivity index (χ1v) is 9.59. The number of amides is 1. The zero-order chi connectivity index (χ0) is 17.6. The summed E-state index contributed by atoms with van der Waals surface area (Å²) in [6.07, 6.45) is 2.84. The summed E-state index contributed by atoms with van der Waals surface area (Å²) in [4.78, 5) is 13.7. The number of hydrogen-bond acceptors (Lipinski definition) is 3. The Balaban J connectivity index is 1.92. The third kappa shape index (κ3) is 3.85. The molecule has 3 rings (SSSR count). The van der Waals surface area contributed by atoms with Crippen molar-refractivity contribution in [3.05, 3.63) is 59.0 Å². The molecule has 0 saturated heterocycles. The summed E-state index contributed by atoms with van der Waals surface area (Å²) in [6, 6.07) is 15.8. The Morgan fingerprint density at radius 3 is 2.60 bits per heavy atom. The normalized spacial score (nSPS) is 10.8. The fourth-order valence-corrected chi connectivity index (χ4v) is 4.01. The van der Waals surface area contributed by atoms with Crippen molar-refractivity contribution in [3.63, 3.8) is 0 Å². The quantitative estimate of drug-likeness (QED) is 0.575. The van der Waals surface area contributed by atoms with Crippen LogP contribution in [-0.4, -0.2) is 12.5 Å². The number of para-hydroxylation sites is 2. The van der Waals surface area contributed by atoms with Gasteiger partial charge in [-0.2, -0.15) is 0 Å². The molecule has 0 aliphatic heterocycles. The molecule has 2 aromatic carbocycles. The van der Waals surface area contributed by atoms with Gasteiger partial charge in [0, 0.05) is 4.70 Å². The molecule has 0 aliphatic rings. The van der Waals surface area contributed by atoms with E-state index < -0.39 is 0 Å². The number of rotatable bonds is 7. The highest BCUT2D eigenvalue weighted by Gasteiger charge is 2.18. The molecular formula is C21H23NO2S. The lowest BCUT2D eigenvalue weighted by atomic mass is 10.1. The van der Waals surface area contributed by atoms with Gasteiger partial charge in [0.05, 0.1) is 17.2 Å². The van der Waals surface area contributed by atoms with Crippen LogP contribution < -0.4 is 10.1 Å². The van der Waals surface area contributed by atoms with Crippen molar-refractivity contribution in [1.82, 2.24) is 0 Å². The lowest BCUT2D eigenvalue weighted by molar-refractivity contribution is 0.102. The van der Waals surface area contributed by atoms with Crippen molar-refractivity contribution < 1.29 is 9.53 Å². The Morgan fingerprint density at radius 1 is 1.04 bits per heavy atom. The number of carbonyl (C=O) groups is 1. The maximum Gasteiger partial charge on any atom is 0.266 e. The van der Waals surface area contributed by atoms with Crippen LogP contribution in [0, 0.1) is 0 Å². The molecule has 1 aromatic heterocycles. The number of fused-ring (bicyclic) bond motifs is 1. The van der Waals surface area contributed by atoms with Crippen LogP contribution in [0.1, 0.15) is 41.9 Å². The topological polar surface area (TPSA) is 38.3 Å². The van der Waals surface area contributed by atoms with Crippen LogP contribution >= 0.6 is 11.3 Å². The average Bonchev–Trinajstić information content (AvgIpc) is 3.00. The van der Waals surface area contributed by atoms with Crippen molar-refractivity contribution in [2.24, 2.45) is 0 Å². The fraction of sp³-hybridized carbons (Fsp3) is 0.286. The van der Waals surface area contributed by atoms with E-state index in [9.17, 15) is 4.79 Å². The Bertz CT molecular complexity index is 869. The van der Waals surface area contributed by atoms with Crippen LogP contribution in [0.3, 0.4) is 0 Å². The fourth-order valence-electron chi connectivity index (χ4n) is 2.87. The summed E-state index contributed by atoms with van der Waals surface area (Å²) in [5, 5.41) is 4.23. The number of benzene rings is 2. The lowest BCUT2D eigenvalue weighted by Gasteiger charge is -2.12. The number of nitrogens with one attached hydrogen (secondary N) is 1. The first-order chi connectivity index (χ1) is 12.2. The van der Waals surface area contributed by atoms with E-state index in [4.69, 9.17) is 4.74 Å². The molecule has 0 bridgehead atoms. The Labute approximate surface area is 152 Å². The van der Waals surface area contributed by atoms with E-state index in [2.05, 4.69) is 31.3 Å². The molecule has 0 radical (unpaired) electrons. The van der Waals surface area contributed by atoms with Crippen molar-refractivity contribution in [3.8, 4) is 5.75 Å². The molecule has 4 heteroatoms. The molecule has 1 amide bonds. The minimum absolute atomic E-state index is 0.0581. The van der Waals surface area contributed by atoms with E-state index in [1.165, 1.54) is 5.39 Å². The van der Waals surface area contributed by atoms with E-state index in [1.807, 2.05) is 36.4 Å². The van der Waals surface area contributed by atoms with E-state index in [0.29, 0.717) is 6.61 Å². The molecule has 130 valence electrons. The molecule has 1 heterocycles. The summed E-state index contributed by atoms with van der Waals surface area (Å²) >= 11 is 1.56. The van der Waals surface area contributed by atoms with Crippen LogP contribution in [0.5, 0.6) is 5.75 Å². The molecule has 0 atom stereocenters. The highest BCUT2D eigenvalue weighted by molar-refractivity contribution is 7.21. The molecule has 0 aliphatic carbocycles. The maximum absolute atomic E-state index is 12.9. The van der Waals surface area contributed by atoms with E-state index in [0.717, 1.165) is 45.8 Å². The standard InChI is InChI=1S/C21H23NO2S/c1-3-9-16-15-10-5-8-13-19(15)25-20(16)21(23)22-17-11-6-7-12-18(17)24-14-4-2/h5-8,10-13H,3-4,9,14H2,1-2H3,(H,22,23). The van der Waals surface area contributed by atoms with Gasteiger partial charge in [-0.3, -0.25) is 4.79 Å². The number of hydrogen-bond donors (Lipinski definition) is 1. The van der Waals surface area contributed by atoms with Gasteiger partial charge >= 0.3 is 0 Å². The molecule has 1 N–H and O–H groups in total. The van der Waals surface area contributed by atoms with E-state index in [-0.39, 0.29) is 5.91 Å². The lowest BCUT2D eigenvalue weighted by Crippen LogP contribution is -2.13. The molecule has 0 spiro atoms. The molecule has 0 fully saturated rings. The Hall–Kier alpha value is -2.33. The van der Waals surface area contributed by atoms with Crippen molar-refractivity contribution in [1.29, 1.82) is 0 Å². The van der Waals surface area contributed by atoms with Crippen LogP contribution in [0.2, 0.25) is 0 Å². The minimum atomic E-state index is -0.0581. The zero-order valence-corrected chi connectivity index (χ0v) is 15.5. The van der Waals surface area contributed by atoms with Gasteiger partial charge < -0.3 is 10.1 Å². The Morgan fingerprint density at radius 2 is 1.80 bits per heavy atom. The van der Waals surface area contributed by atoms with Crippen molar-refractivity contribution >= 4 is 33.0 Å². The second-order valence-electron chi connectivity index (χ2n) is 5.95. The predicted molar refractivity (Wildman–Crippen MR) is 106 cm³/mol. The first kappa shape index (κ1) is 17.5. The zero-order valence-electron chi connectivity index (χ0n) is 14.7. The SMILES string of the molecule is CCCOc1ccccc1NC(=O)c1sc2ccccc2c1CCC. The second kappa shape index (κ2) is 8.17. The monoisotopic (exact) mass is 353 g/mol. The number of carbonyl (C=O) groups excluding carboxylic acids is 1. The summed E-state index contributed by atoms with van der Waals surface area (Å²) in [5.74, 6) is 0.660. The van der Waals surface area contributed by atoms with E-state index in [1.54, 1.807) is 11.3 Å². The number of aryl methyl sites for hydroxylation is 1. The van der Waals surface area contributed by atoms with Gasteiger partial charge in [0.1, 0.15) is 5.75 Å². The van der Waals surface area contributed by atoms with Crippen molar-refractivity contribution in [2.45, 2.75) is 33.1 Å². The van der Waals surface area contributed by atoms with Gasteiger partial charge in [0.15, 0.2) is 0 Å². The van der Waals surface area contributed by atoms with Crippen molar-refractivity contribution in [2.75, 3.05) is 11.9 Å². The summed E-state index contributed by atoms with van der Waals surface area (Å²) in [5.41, 5.74) is 1.87. The first-order valence-electron chi connectivity index (χ1n) is 8.78. The summed E-state index contributed by atoms with van der Waals surface area (Å²) < 4.78 is 6.91. The maximum atomic E-state index is 12.9. The number of thiophene rings is 1. The van der Waals surface area contributed by atoms with Gasteiger partial charge in [-0.15, -0.1) is 11.3 Å². The summed E-state index contributed by atoms with van der Waals surface area (Å²) in [7, 11) is 0. The highest BCUT2D eigenvalue weighted by Crippen LogP contribution is 2.33. The van der Waals surface area contributed by atoms with Crippen LogP contribution in [0.4, 0.5) is 5.69 Å². The average molecular weight is 353 g/mol. The Kier molecular flexibility index (Phi) is 5.71. The van der Waals surface area contributed by atoms with Crippen LogP contribution in [0.25, 0.3) is 10.1 Å². The third-order valence-electron chi connectivity index (χ3n) is 4.00. The highest BCUT2D eigenvalue weighted by atomic mass is 32.1. The van der Waals surface area contributed by atoms with Gasteiger partial charge in [-0.25, -0.2) is 0 Å². The van der Waals surface area contributed by atoms with Gasteiger partial charge in [0.25, 0.3) is 5.91 Å². The number of ether oxygens (including phenoxy) is 1. The molecular weight excluding hydrogens is 330 g/mol. The van der Waals surface area contributed by atoms with Gasteiger partial charge in [-0.1, -0.05) is 50.6 Å². The summed E-state index contributed by atoms with van der Waals surface area (Å²) in [6.45, 7) is 4.84. The van der Waals surface area contributed by atoms with E-state index >= 15 is 0 Å². The van der Waals surface area contributed by atoms with Crippen LogP contribution in [0.15, 0.2) is 48.5 Å². The van der Waals surface area contributed by atoms with Crippen LogP contribution in [-0.2, 0) is 6.42 Å². The smallest absolute Gasteiger partial charge is 0.266 e.